The highest BCUT2D eigenvalue weighted by Gasteiger charge is 2.16. The molecule has 0 aliphatic carbocycles. The molecule has 0 saturated carbocycles. The summed E-state index contributed by atoms with van der Waals surface area (Å²) in [6.07, 6.45) is 8.87. The van der Waals surface area contributed by atoms with Gasteiger partial charge in [-0.2, -0.15) is 8.42 Å². The maximum absolute atomic E-state index is 12.2. The van der Waals surface area contributed by atoms with Gasteiger partial charge in [-0.1, -0.05) is 74.0 Å². The molecule has 3 rings (SSSR count). The maximum Gasteiger partial charge on any atom is 0.330 e. The molecule has 0 aromatic heterocycles. The maximum atomic E-state index is 12.2. The standard InChI is InChI=1S/C31H34O7S/c1-4-5-20-39(33,34)38-28-18-15-25(22-30(28)35-2)13-9-12-24-14-16-27(17-19-31(32)36-3)29(21-24)37-23-26-10-7-6-8-11-26/h6-12,14-19,21-22H,4-5,13,20,23H2,1-3H3. The Morgan fingerprint density at radius 1 is 0.872 bits per heavy atom. The first-order valence-electron chi connectivity index (χ1n) is 12.7. The molecule has 8 heteroatoms. The van der Waals surface area contributed by atoms with Crippen molar-refractivity contribution in [1.82, 2.24) is 0 Å². The van der Waals surface area contributed by atoms with Gasteiger partial charge in [0.15, 0.2) is 11.5 Å². The number of hydrogen-bond donors (Lipinski definition) is 0. The van der Waals surface area contributed by atoms with E-state index in [4.69, 9.17) is 18.4 Å². The zero-order chi connectivity index (χ0) is 28.1. The second kappa shape index (κ2) is 14.8. The molecule has 0 aliphatic rings. The van der Waals surface area contributed by atoms with Gasteiger partial charge in [-0.05, 0) is 53.8 Å². The van der Waals surface area contributed by atoms with Crippen molar-refractivity contribution in [2.45, 2.75) is 32.8 Å². The van der Waals surface area contributed by atoms with E-state index in [1.165, 1.54) is 20.3 Å². The van der Waals surface area contributed by atoms with Gasteiger partial charge in [0.1, 0.15) is 12.4 Å². The summed E-state index contributed by atoms with van der Waals surface area (Å²) in [6.45, 7) is 2.31. The molecule has 0 atom stereocenters. The van der Waals surface area contributed by atoms with Crippen molar-refractivity contribution in [1.29, 1.82) is 0 Å². The zero-order valence-corrected chi connectivity index (χ0v) is 23.3. The molecule has 0 unspecified atom stereocenters. The minimum atomic E-state index is -3.67. The van der Waals surface area contributed by atoms with Crippen LogP contribution in [0.1, 0.15) is 42.0 Å². The van der Waals surface area contributed by atoms with E-state index in [1.54, 1.807) is 18.2 Å². The summed E-state index contributed by atoms with van der Waals surface area (Å²) in [7, 11) is -0.860. The third-order valence-corrected chi connectivity index (χ3v) is 6.95. The molecular weight excluding hydrogens is 516 g/mol. The smallest absolute Gasteiger partial charge is 0.330 e. The lowest BCUT2D eigenvalue weighted by Crippen LogP contribution is -2.14. The van der Waals surface area contributed by atoms with E-state index in [1.807, 2.05) is 73.7 Å². The Morgan fingerprint density at radius 2 is 1.67 bits per heavy atom. The summed E-state index contributed by atoms with van der Waals surface area (Å²) < 4.78 is 45.8. The van der Waals surface area contributed by atoms with Crippen LogP contribution in [0.25, 0.3) is 12.2 Å². The van der Waals surface area contributed by atoms with Crippen LogP contribution >= 0.6 is 0 Å². The summed E-state index contributed by atoms with van der Waals surface area (Å²) in [5, 5.41) is 0. The molecular formula is C31H34O7S. The fourth-order valence-electron chi connectivity index (χ4n) is 3.62. The molecule has 0 aliphatic heterocycles. The molecule has 0 heterocycles. The number of rotatable bonds is 14. The van der Waals surface area contributed by atoms with E-state index in [0.29, 0.717) is 30.9 Å². The monoisotopic (exact) mass is 550 g/mol. The number of hydrogen-bond acceptors (Lipinski definition) is 7. The molecule has 3 aromatic carbocycles. The van der Waals surface area contributed by atoms with Crippen molar-refractivity contribution >= 4 is 28.2 Å². The number of carbonyl (C=O) groups is 1. The molecule has 0 N–H and O–H groups in total. The van der Waals surface area contributed by atoms with Crippen molar-refractivity contribution in [3.63, 3.8) is 0 Å². The van der Waals surface area contributed by atoms with Gasteiger partial charge in [-0.3, -0.25) is 0 Å². The van der Waals surface area contributed by atoms with E-state index in [-0.39, 0.29) is 11.5 Å². The minimum Gasteiger partial charge on any atom is -0.493 e. The van der Waals surface area contributed by atoms with Crippen LogP contribution in [0.4, 0.5) is 0 Å². The van der Waals surface area contributed by atoms with Crippen LogP contribution in [0.3, 0.4) is 0 Å². The van der Waals surface area contributed by atoms with Crippen molar-refractivity contribution < 1.29 is 31.6 Å². The lowest BCUT2D eigenvalue weighted by molar-refractivity contribution is -0.134. The van der Waals surface area contributed by atoms with Gasteiger partial charge in [0.25, 0.3) is 0 Å². The molecule has 0 fully saturated rings. The quantitative estimate of drug-likeness (QED) is 0.134. The van der Waals surface area contributed by atoms with E-state index in [9.17, 15) is 13.2 Å². The van der Waals surface area contributed by atoms with E-state index in [0.717, 1.165) is 28.7 Å². The van der Waals surface area contributed by atoms with Crippen molar-refractivity contribution in [3.8, 4) is 17.2 Å². The fraction of sp³-hybridized carbons (Fsp3) is 0.258. The third kappa shape index (κ3) is 9.65. The summed E-state index contributed by atoms with van der Waals surface area (Å²) in [5.74, 6) is 0.689. The lowest BCUT2D eigenvalue weighted by Gasteiger charge is -2.12. The number of unbranched alkanes of at least 4 members (excludes halogenated alkanes) is 1. The second-order valence-corrected chi connectivity index (χ2v) is 10.4. The van der Waals surface area contributed by atoms with E-state index >= 15 is 0 Å². The molecule has 39 heavy (non-hydrogen) atoms. The lowest BCUT2D eigenvalue weighted by atomic mass is 10.1. The summed E-state index contributed by atoms with van der Waals surface area (Å²) in [4.78, 5) is 11.6. The van der Waals surface area contributed by atoms with Crippen LogP contribution in [-0.2, 0) is 32.7 Å². The summed E-state index contributed by atoms with van der Waals surface area (Å²) >= 11 is 0. The van der Waals surface area contributed by atoms with Crippen LogP contribution in [0, 0.1) is 0 Å². The number of methoxy groups -OCH3 is 2. The number of carbonyl (C=O) groups excluding carboxylic acids is 1. The predicted molar refractivity (Wildman–Crippen MR) is 153 cm³/mol. The first kappa shape index (κ1) is 29.5. The topological polar surface area (TPSA) is 88.1 Å². The molecule has 0 radical (unpaired) electrons. The molecule has 0 saturated heterocycles. The highest BCUT2D eigenvalue weighted by Crippen LogP contribution is 2.30. The number of ether oxygens (including phenoxy) is 3. The van der Waals surface area contributed by atoms with Crippen LogP contribution in [0.2, 0.25) is 0 Å². The average molecular weight is 551 g/mol. The van der Waals surface area contributed by atoms with E-state index in [2.05, 4.69) is 0 Å². The molecule has 0 amide bonds. The molecule has 3 aromatic rings. The molecule has 7 nitrogen and oxygen atoms in total. The normalized spacial score (nSPS) is 11.6. The highest BCUT2D eigenvalue weighted by atomic mass is 32.2. The Morgan fingerprint density at radius 3 is 2.38 bits per heavy atom. The van der Waals surface area contributed by atoms with Crippen LogP contribution < -0.4 is 13.7 Å². The third-order valence-electron chi connectivity index (χ3n) is 5.73. The zero-order valence-electron chi connectivity index (χ0n) is 22.5. The SMILES string of the molecule is CCCCS(=O)(=O)Oc1ccc(CC=Cc2ccc(C=CC(=O)OC)c(OCc3ccccc3)c2)cc1OC. The minimum absolute atomic E-state index is 0.0362. The Hall–Kier alpha value is -4.04. The van der Waals surface area contributed by atoms with Gasteiger partial charge in [0.2, 0.25) is 0 Å². The number of benzene rings is 3. The summed E-state index contributed by atoms with van der Waals surface area (Å²) in [5.41, 5.74) is 3.63. The second-order valence-electron chi connectivity index (χ2n) is 8.72. The Bertz CT molecular complexity index is 1390. The number of esters is 1. The molecule has 0 bridgehead atoms. The Labute approximate surface area is 230 Å². The molecule has 0 spiro atoms. The van der Waals surface area contributed by atoms with Gasteiger partial charge in [-0.15, -0.1) is 0 Å². The first-order chi connectivity index (χ1) is 18.8. The van der Waals surface area contributed by atoms with Gasteiger partial charge < -0.3 is 18.4 Å². The Kier molecular flexibility index (Phi) is 11.2. The van der Waals surface area contributed by atoms with Crippen molar-refractivity contribution in [3.05, 3.63) is 101 Å². The van der Waals surface area contributed by atoms with Gasteiger partial charge in [0, 0.05) is 11.6 Å². The van der Waals surface area contributed by atoms with Crippen LogP contribution in [0.15, 0.2) is 78.9 Å². The van der Waals surface area contributed by atoms with Gasteiger partial charge in [-0.25, -0.2) is 4.79 Å². The highest BCUT2D eigenvalue weighted by molar-refractivity contribution is 7.87. The van der Waals surface area contributed by atoms with Gasteiger partial charge in [0.05, 0.1) is 20.0 Å². The molecule has 206 valence electrons. The number of allylic oxidation sites excluding steroid dienone is 1. The summed E-state index contributed by atoms with van der Waals surface area (Å²) in [6, 6.07) is 20.7. The van der Waals surface area contributed by atoms with Crippen molar-refractivity contribution in [2.24, 2.45) is 0 Å². The predicted octanol–water partition coefficient (Wildman–Crippen LogP) is 6.23. The average Bonchev–Trinajstić information content (AvgIpc) is 2.95. The largest absolute Gasteiger partial charge is 0.493 e. The van der Waals surface area contributed by atoms with Crippen LogP contribution in [-0.4, -0.2) is 34.4 Å². The Balaban J connectivity index is 1.74. The van der Waals surface area contributed by atoms with Crippen LogP contribution in [0.5, 0.6) is 17.2 Å². The fourth-order valence-corrected chi connectivity index (χ4v) is 4.75. The van der Waals surface area contributed by atoms with Crippen molar-refractivity contribution in [2.75, 3.05) is 20.0 Å². The first-order valence-corrected chi connectivity index (χ1v) is 14.2. The van der Waals surface area contributed by atoms with E-state index < -0.39 is 16.1 Å². The van der Waals surface area contributed by atoms with Gasteiger partial charge >= 0.3 is 16.1 Å².